The largest absolute Gasteiger partial charge is 0.497 e. The van der Waals surface area contributed by atoms with Gasteiger partial charge in [-0.05, 0) is 42.5 Å². The van der Waals surface area contributed by atoms with Gasteiger partial charge in [-0.15, -0.1) is 0 Å². The summed E-state index contributed by atoms with van der Waals surface area (Å²) in [7, 11) is 1.56. The molecule has 0 atom stereocenters. The molecule has 112 valence electrons. The molecule has 5 heteroatoms. The van der Waals surface area contributed by atoms with Crippen molar-refractivity contribution in [3.63, 3.8) is 0 Å². The van der Waals surface area contributed by atoms with Crippen molar-refractivity contribution in [1.29, 1.82) is 0 Å². The first-order valence-corrected chi connectivity index (χ1v) is 7.28. The fourth-order valence-electron chi connectivity index (χ4n) is 2.07. The summed E-state index contributed by atoms with van der Waals surface area (Å²) in [5, 5.41) is 0. The van der Waals surface area contributed by atoms with E-state index in [4.69, 9.17) is 9.47 Å². The summed E-state index contributed by atoms with van der Waals surface area (Å²) in [6, 6.07) is 8.68. The second kappa shape index (κ2) is 5.85. The third-order valence-corrected chi connectivity index (χ3v) is 4.19. The molecule has 0 fully saturated rings. The molecule has 1 aliphatic rings. The maximum absolute atomic E-state index is 13.9. The van der Waals surface area contributed by atoms with E-state index < -0.39 is 11.6 Å². The van der Waals surface area contributed by atoms with Gasteiger partial charge in [-0.25, -0.2) is 8.78 Å². The van der Waals surface area contributed by atoms with Crippen LogP contribution in [-0.4, -0.2) is 7.11 Å². The van der Waals surface area contributed by atoms with Crippen molar-refractivity contribution in [3.8, 4) is 11.5 Å². The standard InChI is InChI=1S/C17H12F2O2S/c1-10-7-16(22-17-8-11(18)3-5-14(17)19)13-9-12(20-2)4-6-15(13)21-10/h3-9H,1H2,2H3. The van der Waals surface area contributed by atoms with E-state index in [1.807, 2.05) is 0 Å². The second-order valence-electron chi connectivity index (χ2n) is 4.62. The van der Waals surface area contributed by atoms with E-state index in [1.54, 1.807) is 31.4 Å². The zero-order valence-corrected chi connectivity index (χ0v) is 12.5. The number of allylic oxidation sites excluding steroid dienone is 1. The Morgan fingerprint density at radius 1 is 1.14 bits per heavy atom. The summed E-state index contributed by atoms with van der Waals surface area (Å²) >= 11 is 1.12. The molecule has 0 N–H and O–H groups in total. The van der Waals surface area contributed by atoms with Crippen molar-refractivity contribution in [3.05, 3.63) is 72.0 Å². The number of hydrogen-bond donors (Lipinski definition) is 0. The number of benzene rings is 2. The summed E-state index contributed by atoms with van der Waals surface area (Å²) < 4.78 is 37.9. The van der Waals surface area contributed by atoms with E-state index in [0.717, 1.165) is 34.4 Å². The highest BCUT2D eigenvalue weighted by molar-refractivity contribution is 8.08. The third kappa shape index (κ3) is 2.85. The lowest BCUT2D eigenvalue weighted by Gasteiger charge is -2.20. The fourth-order valence-corrected chi connectivity index (χ4v) is 3.10. The number of rotatable bonds is 3. The second-order valence-corrected chi connectivity index (χ2v) is 5.70. The minimum absolute atomic E-state index is 0.203. The first-order chi connectivity index (χ1) is 10.6. The average Bonchev–Trinajstić information content (AvgIpc) is 2.50. The Bertz CT molecular complexity index is 784. The van der Waals surface area contributed by atoms with Gasteiger partial charge < -0.3 is 9.47 Å². The highest BCUT2D eigenvalue weighted by Gasteiger charge is 2.19. The highest BCUT2D eigenvalue weighted by atomic mass is 32.2. The maximum Gasteiger partial charge on any atom is 0.137 e. The molecule has 0 aromatic heterocycles. The topological polar surface area (TPSA) is 18.5 Å². The minimum Gasteiger partial charge on any atom is -0.497 e. The maximum atomic E-state index is 13.9. The quantitative estimate of drug-likeness (QED) is 0.792. The third-order valence-electron chi connectivity index (χ3n) is 3.10. The van der Waals surface area contributed by atoms with Gasteiger partial charge in [-0.2, -0.15) is 0 Å². The zero-order chi connectivity index (χ0) is 15.7. The van der Waals surface area contributed by atoms with Gasteiger partial charge >= 0.3 is 0 Å². The molecule has 0 radical (unpaired) electrons. The Hall–Kier alpha value is -2.27. The molecule has 0 aliphatic carbocycles. The predicted molar refractivity (Wildman–Crippen MR) is 83.0 cm³/mol. The lowest BCUT2D eigenvalue weighted by atomic mass is 10.1. The highest BCUT2D eigenvalue weighted by Crippen LogP contribution is 2.44. The van der Waals surface area contributed by atoms with Crippen LogP contribution in [0.4, 0.5) is 8.78 Å². The van der Waals surface area contributed by atoms with Gasteiger partial charge in [0.1, 0.15) is 28.9 Å². The molecule has 0 saturated heterocycles. The molecule has 22 heavy (non-hydrogen) atoms. The molecule has 1 heterocycles. The Kier molecular flexibility index (Phi) is 3.90. The molecule has 0 spiro atoms. The van der Waals surface area contributed by atoms with Crippen LogP contribution in [0.3, 0.4) is 0 Å². The lowest BCUT2D eigenvalue weighted by molar-refractivity contribution is 0.409. The van der Waals surface area contributed by atoms with Crippen molar-refractivity contribution in [2.45, 2.75) is 4.90 Å². The zero-order valence-electron chi connectivity index (χ0n) is 11.7. The van der Waals surface area contributed by atoms with Crippen molar-refractivity contribution in [2.75, 3.05) is 7.11 Å². The number of methoxy groups -OCH3 is 1. The number of ether oxygens (including phenoxy) is 2. The summed E-state index contributed by atoms with van der Waals surface area (Å²) in [6.07, 6.45) is 1.69. The summed E-state index contributed by atoms with van der Waals surface area (Å²) in [6.45, 7) is 3.78. The Morgan fingerprint density at radius 2 is 1.95 bits per heavy atom. The van der Waals surface area contributed by atoms with Crippen LogP contribution >= 0.6 is 11.8 Å². The average molecular weight is 318 g/mol. The number of thioether (sulfide) groups is 1. The molecule has 2 nitrogen and oxygen atoms in total. The van der Waals surface area contributed by atoms with Gasteiger partial charge in [0.15, 0.2) is 0 Å². The molecule has 0 amide bonds. The van der Waals surface area contributed by atoms with Crippen LogP contribution in [0.2, 0.25) is 0 Å². The Morgan fingerprint density at radius 3 is 2.73 bits per heavy atom. The Labute approximate surface area is 131 Å². The number of fused-ring (bicyclic) bond motifs is 1. The van der Waals surface area contributed by atoms with Gasteiger partial charge in [-0.3, -0.25) is 0 Å². The SMILES string of the molecule is C=C1C=C(Sc2cc(F)ccc2F)c2cc(OC)ccc2O1. The van der Waals surface area contributed by atoms with Crippen LogP contribution in [0.1, 0.15) is 5.56 Å². The number of halogens is 2. The molecule has 3 rings (SSSR count). The first kappa shape index (κ1) is 14.7. The first-order valence-electron chi connectivity index (χ1n) is 6.46. The summed E-state index contributed by atoms with van der Waals surface area (Å²) in [5.74, 6) is 0.737. The molecule has 2 aromatic carbocycles. The van der Waals surface area contributed by atoms with E-state index in [2.05, 4.69) is 6.58 Å². The lowest BCUT2D eigenvalue weighted by Crippen LogP contribution is -2.01. The van der Waals surface area contributed by atoms with Crippen LogP contribution in [0.25, 0.3) is 4.91 Å². The van der Waals surface area contributed by atoms with Gasteiger partial charge in [0.2, 0.25) is 0 Å². The summed E-state index contributed by atoms with van der Waals surface area (Å²) in [5.41, 5.74) is 0.750. The van der Waals surface area contributed by atoms with Gasteiger partial charge in [0.05, 0.1) is 12.0 Å². The molecule has 0 saturated carbocycles. The molecule has 1 aliphatic heterocycles. The molecule has 0 unspecified atom stereocenters. The molecule has 2 aromatic rings. The van der Waals surface area contributed by atoms with Crippen molar-refractivity contribution >= 4 is 16.7 Å². The van der Waals surface area contributed by atoms with Crippen LogP contribution in [0.5, 0.6) is 11.5 Å². The monoisotopic (exact) mass is 318 g/mol. The van der Waals surface area contributed by atoms with Crippen LogP contribution in [-0.2, 0) is 0 Å². The van der Waals surface area contributed by atoms with E-state index in [9.17, 15) is 8.78 Å². The smallest absolute Gasteiger partial charge is 0.137 e. The van der Waals surface area contributed by atoms with Crippen molar-refractivity contribution < 1.29 is 18.3 Å². The molecular formula is C17H12F2O2S. The van der Waals surface area contributed by atoms with Crippen LogP contribution in [0, 0.1) is 11.6 Å². The fraction of sp³-hybridized carbons (Fsp3) is 0.0588. The Balaban J connectivity index is 2.03. The van der Waals surface area contributed by atoms with E-state index in [0.29, 0.717) is 17.3 Å². The van der Waals surface area contributed by atoms with Crippen LogP contribution < -0.4 is 9.47 Å². The number of hydrogen-bond acceptors (Lipinski definition) is 3. The molecule has 0 bridgehead atoms. The minimum atomic E-state index is -0.485. The normalized spacial score (nSPS) is 13.2. The van der Waals surface area contributed by atoms with Gasteiger partial charge in [0.25, 0.3) is 0 Å². The molecular weight excluding hydrogens is 306 g/mol. The van der Waals surface area contributed by atoms with Crippen molar-refractivity contribution in [1.82, 2.24) is 0 Å². The summed E-state index contributed by atoms with van der Waals surface area (Å²) in [4.78, 5) is 0.921. The van der Waals surface area contributed by atoms with E-state index in [1.165, 1.54) is 6.07 Å². The van der Waals surface area contributed by atoms with Crippen molar-refractivity contribution in [2.24, 2.45) is 0 Å². The van der Waals surface area contributed by atoms with E-state index in [-0.39, 0.29) is 4.90 Å². The predicted octanol–water partition coefficient (Wildman–Crippen LogP) is 5.01. The van der Waals surface area contributed by atoms with E-state index >= 15 is 0 Å². The van der Waals surface area contributed by atoms with Crippen LogP contribution in [0.15, 0.2) is 59.7 Å². The van der Waals surface area contributed by atoms with Gasteiger partial charge in [-0.1, -0.05) is 18.3 Å². The van der Waals surface area contributed by atoms with Gasteiger partial charge in [0, 0.05) is 10.5 Å².